The van der Waals surface area contributed by atoms with Gasteiger partial charge in [0.25, 0.3) is 6.43 Å². The largest absolute Gasteiger partial charge is 0.382 e. The number of alkyl halides is 2. The van der Waals surface area contributed by atoms with Gasteiger partial charge in [-0.15, -0.1) is 0 Å². The molecular weight excluding hydrogens is 210 g/mol. The minimum atomic E-state index is -2.57. The third-order valence-electron chi connectivity index (χ3n) is 2.25. The Balaban J connectivity index is 2.49. The maximum atomic E-state index is 12.4. The average Bonchev–Trinajstić information content (AvgIpc) is 2.18. The van der Waals surface area contributed by atoms with E-state index in [2.05, 4.69) is 10.3 Å². The van der Waals surface area contributed by atoms with Crippen LogP contribution < -0.4 is 5.32 Å². The number of aromatic nitrogens is 1. The zero-order valence-electron chi connectivity index (χ0n) is 7.36. The molecule has 14 heavy (non-hydrogen) atoms. The van der Waals surface area contributed by atoms with Crippen LogP contribution in [0.1, 0.15) is 24.1 Å². The molecule has 0 saturated heterocycles. The Morgan fingerprint density at radius 3 is 3.00 bits per heavy atom. The van der Waals surface area contributed by atoms with Gasteiger partial charge in [0.15, 0.2) is 0 Å². The molecule has 0 fully saturated rings. The second-order valence-electron chi connectivity index (χ2n) is 3.18. The van der Waals surface area contributed by atoms with Crippen LogP contribution in [-0.4, -0.2) is 11.5 Å². The first-order valence-electron chi connectivity index (χ1n) is 4.39. The molecule has 0 aliphatic carbocycles. The summed E-state index contributed by atoms with van der Waals surface area (Å²) >= 11 is 5.84. The van der Waals surface area contributed by atoms with E-state index in [4.69, 9.17) is 11.6 Å². The van der Waals surface area contributed by atoms with Gasteiger partial charge in [0.1, 0.15) is 0 Å². The third-order valence-corrected chi connectivity index (χ3v) is 2.66. The summed E-state index contributed by atoms with van der Waals surface area (Å²) in [6.45, 7) is 0.765. The number of halogens is 3. The number of nitrogens with one attached hydrogen (secondary N) is 1. The van der Waals surface area contributed by atoms with E-state index in [1.54, 1.807) is 0 Å². The van der Waals surface area contributed by atoms with Crippen molar-refractivity contribution in [2.45, 2.75) is 19.3 Å². The molecule has 1 N–H and O–H groups in total. The predicted octanol–water partition coefficient (Wildman–Crippen LogP) is 3.03. The number of aryl methyl sites for hydroxylation is 1. The molecule has 1 aromatic rings. The summed E-state index contributed by atoms with van der Waals surface area (Å²) in [5.74, 6) is 0. The lowest BCUT2D eigenvalue weighted by atomic mass is 10.1. The zero-order valence-corrected chi connectivity index (χ0v) is 8.11. The molecule has 0 saturated carbocycles. The second-order valence-corrected chi connectivity index (χ2v) is 3.56. The van der Waals surface area contributed by atoms with Gasteiger partial charge in [0, 0.05) is 12.7 Å². The number of fused-ring (bicyclic) bond motifs is 1. The predicted molar refractivity (Wildman–Crippen MR) is 51.0 cm³/mol. The van der Waals surface area contributed by atoms with Crippen LogP contribution in [0.5, 0.6) is 0 Å². The highest BCUT2D eigenvalue weighted by Crippen LogP contribution is 2.35. The number of hydrogen-bond acceptors (Lipinski definition) is 2. The van der Waals surface area contributed by atoms with Crippen LogP contribution in [0, 0.1) is 0 Å². The van der Waals surface area contributed by atoms with Gasteiger partial charge in [0.05, 0.1) is 22.0 Å². The van der Waals surface area contributed by atoms with E-state index in [1.807, 2.05) is 0 Å². The molecule has 1 aliphatic heterocycles. The van der Waals surface area contributed by atoms with E-state index in [-0.39, 0.29) is 10.6 Å². The van der Waals surface area contributed by atoms with Crippen LogP contribution in [0.25, 0.3) is 0 Å². The van der Waals surface area contributed by atoms with E-state index < -0.39 is 6.43 Å². The quantitative estimate of drug-likeness (QED) is 0.784. The standard InChI is InChI=1S/C9H9ClF2N2/c10-7-5(9(11)12)4-14-6-2-1-3-13-8(6)7/h4,9,13H,1-3H2. The Kier molecular flexibility index (Phi) is 2.54. The van der Waals surface area contributed by atoms with Gasteiger partial charge >= 0.3 is 0 Å². The summed E-state index contributed by atoms with van der Waals surface area (Å²) in [4.78, 5) is 3.97. The Bertz CT molecular complexity index is 355. The van der Waals surface area contributed by atoms with Crippen LogP contribution in [0.3, 0.4) is 0 Å². The Morgan fingerprint density at radius 1 is 1.50 bits per heavy atom. The van der Waals surface area contributed by atoms with Gasteiger partial charge in [-0.1, -0.05) is 11.6 Å². The van der Waals surface area contributed by atoms with E-state index in [1.165, 1.54) is 6.20 Å². The molecule has 0 unspecified atom stereocenters. The molecule has 0 bridgehead atoms. The highest BCUT2D eigenvalue weighted by Gasteiger charge is 2.20. The lowest BCUT2D eigenvalue weighted by molar-refractivity contribution is 0.151. The number of nitrogens with zero attached hydrogens (tertiary/aromatic N) is 1. The molecular formula is C9H9ClF2N2. The van der Waals surface area contributed by atoms with Crippen LogP contribution in [0.4, 0.5) is 14.5 Å². The highest BCUT2D eigenvalue weighted by atomic mass is 35.5. The van der Waals surface area contributed by atoms with Crippen molar-refractivity contribution >= 4 is 17.3 Å². The first-order chi connectivity index (χ1) is 6.70. The first kappa shape index (κ1) is 9.65. The summed E-state index contributed by atoms with van der Waals surface area (Å²) in [6, 6.07) is 0. The normalized spacial score (nSPS) is 15.1. The molecule has 2 heterocycles. The van der Waals surface area contributed by atoms with E-state index in [0.29, 0.717) is 5.69 Å². The lowest BCUT2D eigenvalue weighted by Crippen LogP contribution is -2.14. The minimum Gasteiger partial charge on any atom is -0.382 e. The monoisotopic (exact) mass is 218 g/mol. The van der Waals surface area contributed by atoms with Crippen molar-refractivity contribution in [1.29, 1.82) is 0 Å². The Morgan fingerprint density at radius 2 is 2.29 bits per heavy atom. The van der Waals surface area contributed by atoms with Crippen molar-refractivity contribution in [1.82, 2.24) is 4.98 Å². The van der Waals surface area contributed by atoms with Crippen molar-refractivity contribution in [3.63, 3.8) is 0 Å². The zero-order chi connectivity index (χ0) is 10.1. The molecule has 2 nitrogen and oxygen atoms in total. The van der Waals surface area contributed by atoms with Gasteiger partial charge < -0.3 is 5.32 Å². The van der Waals surface area contributed by atoms with Gasteiger partial charge in [-0.3, -0.25) is 4.98 Å². The maximum absolute atomic E-state index is 12.4. The molecule has 2 rings (SSSR count). The number of anilines is 1. The van der Waals surface area contributed by atoms with Crippen LogP contribution >= 0.6 is 11.6 Å². The van der Waals surface area contributed by atoms with Crippen LogP contribution in [0.15, 0.2) is 6.20 Å². The molecule has 0 spiro atoms. The fraction of sp³-hybridized carbons (Fsp3) is 0.444. The second kappa shape index (κ2) is 3.69. The Labute approximate surface area is 85.3 Å². The van der Waals surface area contributed by atoms with Crippen molar-refractivity contribution in [3.8, 4) is 0 Å². The summed E-state index contributed by atoms with van der Waals surface area (Å²) in [7, 11) is 0. The lowest BCUT2D eigenvalue weighted by Gasteiger charge is -2.19. The van der Waals surface area contributed by atoms with Crippen LogP contribution in [-0.2, 0) is 6.42 Å². The van der Waals surface area contributed by atoms with Gasteiger partial charge in [-0.05, 0) is 12.8 Å². The van der Waals surface area contributed by atoms with Gasteiger partial charge in [-0.25, -0.2) is 8.78 Å². The molecule has 0 atom stereocenters. The highest BCUT2D eigenvalue weighted by molar-refractivity contribution is 6.34. The fourth-order valence-electron chi connectivity index (χ4n) is 1.53. The van der Waals surface area contributed by atoms with Gasteiger partial charge in [0.2, 0.25) is 0 Å². The van der Waals surface area contributed by atoms with Crippen LogP contribution in [0.2, 0.25) is 5.02 Å². The smallest absolute Gasteiger partial charge is 0.266 e. The number of hydrogen-bond donors (Lipinski definition) is 1. The fourth-order valence-corrected chi connectivity index (χ4v) is 1.84. The molecule has 1 aliphatic rings. The average molecular weight is 219 g/mol. The van der Waals surface area contributed by atoms with Crippen molar-refractivity contribution in [2.24, 2.45) is 0 Å². The molecule has 1 aromatic heterocycles. The SMILES string of the molecule is FC(F)c1cnc2c(c1Cl)NCCC2. The summed E-state index contributed by atoms with van der Waals surface area (Å²) in [6.07, 6.45) is 0.360. The van der Waals surface area contributed by atoms with E-state index in [0.717, 1.165) is 25.1 Å². The molecule has 0 radical (unpaired) electrons. The van der Waals surface area contributed by atoms with Gasteiger partial charge in [-0.2, -0.15) is 0 Å². The maximum Gasteiger partial charge on any atom is 0.266 e. The molecule has 76 valence electrons. The first-order valence-corrected chi connectivity index (χ1v) is 4.77. The van der Waals surface area contributed by atoms with Crippen molar-refractivity contribution in [2.75, 3.05) is 11.9 Å². The van der Waals surface area contributed by atoms with Crippen molar-refractivity contribution in [3.05, 3.63) is 22.5 Å². The topological polar surface area (TPSA) is 24.9 Å². The number of pyridine rings is 1. The summed E-state index contributed by atoms with van der Waals surface area (Å²) in [5, 5.41) is 3.11. The molecule has 0 aromatic carbocycles. The minimum absolute atomic E-state index is 0.115. The molecule has 5 heteroatoms. The third kappa shape index (κ3) is 1.54. The Hall–Kier alpha value is -0.900. The number of rotatable bonds is 1. The summed E-state index contributed by atoms with van der Waals surface area (Å²) in [5.41, 5.74) is 1.17. The van der Waals surface area contributed by atoms with E-state index in [9.17, 15) is 8.78 Å². The van der Waals surface area contributed by atoms with E-state index >= 15 is 0 Å². The van der Waals surface area contributed by atoms with Crippen molar-refractivity contribution < 1.29 is 8.78 Å². The summed E-state index contributed by atoms with van der Waals surface area (Å²) < 4.78 is 24.9. The molecule has 0 amide bonds.